The van der Waals surface area contributed by atoms with Crippen LogP contribution in [-0.2, 0) is 9.53 Å². The van der Waals surface area contributed by atoms with E-state index in [0.29, 0.717) is 19.0 Å². The lowest BCUT2D eigenvalue weighted by Crippen LogP contribution is -2.54. The Morgan fingerprint density at radius 2 is 2.03 bits per heavy atom. The summed E-state index contributed by atoms with van der Waals surface area (Å²) in [6.07, 6.45) is 3.65. The van der Waals surface area contributed by atoms with Crippen LogP contribution in [0.15, 0.2) is 42.0 Å². The molecule has 0 aromatic heterocycles. The summed E-state index contributed by atoms with van der Waals surface area (Å²) >= 11 is 0. The quantitative estimate of drug-likeness (QED) is 0.589. The number of benzene rings is 1. The first-order valence-electron chi connectivity index (χ1n) is 10.8. The van der Waals surface area contributed by atoms with Gasteiger partial charge in [-0.1, -0.05) is 55.8 Å². The zero-order valence-electron chi connectivity index (χ0n) is 17.6. The second kappa shape index (κ2) is 7.86. The second-order valence-corrected chi connectivity index (χ2v) is 9.45. The SMILES string of the molecule is CC1CCC=C2CC3OC(=O)C(CN(C)CC(O)c4ccccc4)C3C(O)C21C. The van der Waals surface area contributed by atoms with Crippen LogP contribution < -0.4 is 0 Å². The number of rotatable bonds is 5. The molecular formula is C24H33NO4. The Kier molecular flexibility index (Phi) is 5.58. The zero-order valence-corrected chi connectivity index (χ0v) is 17.6. The maximum absolute atomic E-state index is 12.7. The number of fused-ring (bicyclic) bond motifs is 2. The Balaban J connectivity index is 1.49. The summed E-state index contributed by atoms with van der Waals surface area (Å²) in [4.78, 5) is 14.7. The van der Waals surface area contributed by atoms with E-state index in [1.807, 2.05) is 42.3 Å². The first kappa shape index (κ1) is 20.6. The fourth-order valence-electron chi connectivity index (χ4n) is 5.76. The molecule has 2 aliphatic carbocycles. The molecule has 29 heavy (non-hydrogen) atoms. The molecule has 3 aliphatic rings. The number of hydrogen-bond donors (Lipinski definition) is 2. The molecule has 1 aromatic rings. The molecule has 5 nitrogen and oxygen atoms in total. The minimum Gasteiger partial charge on any atom is -0.461 e. The van der Waals surface area contributed by atoms with Crippen LogP contribution in [0.2, 0.25) is 0 Å². The summed E-state index contributed by atoms with van der Waals surface area (Å²) in [6, 6.07) is 9.56. The molecule has 1 saturated carbocycles. The normalized spacial score (nSPS) is 37.5. The third-order valence-electron chi connectivity index (χ3n) is 7.75. The number of carbonyl (C=O) groups is 1. The van der Waals surface area contributed by atoms with Crippen molar-refractivity contribution in [3.63, 3.8) is 0 Å². The van der Waals surface area contributed by atoms with E-state index in [4.69, 9.17) is 4.74 Å². The first-order valence-corrected chi connectivity index (χ1v) is 10.8. The second-order valence-electron chi connectivity index (χ2n) is 9.45. The Morgan fingerprint density at radius 1 is 1.31 bits per heavy atom. The van der Waals surface area contributed by atoms with Crippen molar-refractivity contribution in [3.8, 4) is 0 Å². The van der Waals surface area contributed by atoms with Crippen LogP contribution in [-0.4, -0.2) is 53.4 Å². The van der Waals surface area contributed by atoms with Gasteiger partial charge in [-0.05, 0) is 31.4 Å². The summed E-state index contributed by atoms with van der Waals surface area (Å²) < 4.78 is 5.74. The maximum atomic E-state index is 12.7. The van der Waals surface area contributed by atoms with Crippen molar-refractivity contribution < 1.29 is 19.7 Å². The molecule has 1 saturated heterocycles. The number of carbonyl (C=O) groups excluding carboxylic acids is 1. The average molecular weight is 400 g/mol. The summed E-state index contributed by atoms with van der Waals surface area (Å²) in [7, 11) is 1.91. The van der Waals surface area contributed by atoms with Crippen LogP contribution in [0.5, 0.6) is 0 Å². The van der Waals surface area contributed by atoms with Crippen LogP contribution in [0.3, 0.4) is 0 Å². The zero-order chi connectivity index (χ0) is 20.8. The molecule has 1 aliphatic heterocycles. The molecule has 1 aromatic carbocycles. The van der Waals surface area contributed by atoms with E-state index in [0.717, 1.165) is 24.8 Å². The van der Waals surface area contributed by atoms with Gasteiger partial charge in [-0.15, -0.1) is 0 Å². The van der Waals surface area contributed by atoms with E-state index in [1.54, 1.807) is 0 Å². The molecule has 0 bridgehead atoms. The number of hydrogen-bond acceptors (Lipinski definition) is 5. The van der Waals surface area contributed by atoms with Crippen LogP contribution in [0.1, 0.15) is 44.8 Å². The largest absolute Gasteiger partial charge is 0.461 e. The Bertz CT molecular complexity index is 778. The number of ether oxygens (including phenoxy) is 1. The van der Waals surface area contributed by atoms with E-state index in [9.17, 15) is 15.0 Å². The van der Waals surface area contributed by atoms with Crippen molar-refractivity contribution in [1.82, 2.24) is 4.90 Å². The third-order valence-corrected chi connectivity index (χ3v) is 7.75. The van der Waals surface area contributed by atoms with Crippen LogP contribution in [0.4, 0.5) is 0 Å². The van der Waals surface area contributed by atoms with Crippen molar-refractivity contribution in [2.45, 2.75) is 51.4 Å². The van der Waals surface area contributed by atoms with Gasteiger partial charge in [-0.2, -0.15) is 0 Å². The Hall–Kier alpha value is -1.69. The molecule has 158 valence electrons. The van der Waals surface area contributed by atoms with Crippen molar-refractivity contribution in [1.29, 1.82) is 0 Å². The molecular weight excluding hydrogens is 366 g/mol. The van der Waals surface area contributed by atoms with Crippen LogP contribution >= 0.6 is 0 Å². The summed E-state index contributed by atoms with van der Waals surface area (Å²) in [5.74, 6) is -0.389. The third kappa shape index (κ3) is 3.54. The number of allylic oxidation sites excluding steroid dienone is 1. The van der Waals surface area contributed by atoms with Gasteiger partial charge in [0.15, 0.2) is 0 Å². The van der Waals surface area contributed by atoms with Gasteiger partial charge < -0.3 is 19.8 Å². The highest BCUT2D eigenvalue weighted by Crippen LogP contribution is 2.56. The lowest BCUT2D eigenvalue weighted by atomic mass is 9.55. The van der Waals surface area contributed by atoms with E-state index < -0.39 is 12.2 Å². The lowest BCUT2D eigenvalue weighted by Gasteiger charge is -2.52. The predicted molar refractivity (Wildman–Crippen MR) is 111 cm³/mol. The van der Waals surface area contributed by atoms with Crippen molar-refractivity contribution in [2.24, 2.45) is 23.2 Å². The number of nitrogens with zero attached hydrogens (tertiary/aromatic N) is 1. The number of esters is 1. The highest BCUT2D eigenvalue weighted by atomic mass is 16.6. The molecule has 2 N–H and O–H groups in total. The number of likely N-dealkylation sites (N-methyl/N-ethyl adjacent to an activating group) is 1. The van der Waals surface area contributed by atoms with Gasteiger partial charge in [0.05, 0.1) is 18.1 Å². The van der Waals surface area contributed by atoms with Gasteiger partial charge in [-0.3, -0.25) is 4.79 Å². The molecule has 7 unspecified atom stereocenters. The summed E-state index contributed by atoms with van der Waals surface area (Å²) in [5, 5.41) is 22.0. The standard InChI is InChI=1S/C24H33NO4/c1-15-8-7-11-17-12-20-21(22(27)24(15,17)2)18(23(28)29-20)13-25(3)14-19(26)16-9-5-4-6-10-16/h4-6,9-11,15,18-22,26-27H,7-8,12-14H2,1-3H3. The summed E-state index contributed by atoms with van der Waals surface area (Å²) in [6.45, 7) is 5.28. The van der Waals surface area contributed by atoms with Crippen molar-refractivity contribution >= 4 is 5.97 Å². The first-order chi connectivity index (χ1) is 13.8. The monoisotopic (exact) mass is 399 g/mol. The van der Waals surface area contributed by atoms with Gasteiger partial charge in [-0.25, -0.2) is 0 Å². The van der Waals surface area contributed by atoms with Crippen LogP contribution in [0.25, 0.3) is 0 Å². The number of aliphatic hydroxyl groups is 2. The molecule has 0 radical (unpaired) electrons. The van der Waals surface area contributed by atoms with Gasteiger partial charge in [0.25, 0.3) is 0 Å². The topological polar surface area (TPSA) is 70.0 Å². The fraction of sp³-hybridized carbons (Fsp3) is 0.625. The minimum atomic E-state index is -0.615. The van der Waals surface area contributed by atoms with Gasteiger partial charge in [0.1, 0.15) is 6.10 Å². The van der Waals surface area contributed by atoms with Crippen molar-refractivity contribution in [2.75, 3.05) is 20.1 Å². The highest BCUT2D eigenvalue weighted by molar-refractivity contribution is 5.76. The van der Waals surface area contributed by atoms with E-state index in [-0.39, 0.29) is 29.3 Å². The predicted octanol–water partition coefficient (Wildman–Crippen LogP) is 2.94. The van der Waals surface area contributed by atoms with E-state index in [2.05, 4.69) is 19.9 Å². The van der Waals surface area contributed by atoms with Crippen molar-refractivity contribution in [3.05, 3.63) is 47.5 Å². The van der Waals surface area contributed by atoms with E-state index in [1.165, 1.54) is 5.57 Å². The Morgan fingerprint density at radius 3 is 2.76 bits per heavy atom. The molecule has 1 heterocycles. The average Bonchev–Trinajstić information content (AvgIpc) is 3.00. The molecule has 2 fully saturated rings. The molecule has 0 spiro atoms. The maximum Gasteiger partial charge on any atom is 0.311 e. The number of aliphatic hydroxyl groups excluding tert-OH is 2. The molecule has 7 atom stereocenters. The Labute approximate surface area is 173 Å². The smallest absolute Gasteiger partial charge is 0.311 e. The highest BCUT2D eigenvalue weighted by Gasteiger charge is 2.59. The minimum absolute atomic E-state index is 0.193. The lowest BCUT2D eigenvalue weighted by molar-refractivity contribution is -0.145. The van der Waals surface area contributed by atoms with Gasteiger partial charge in [0, 0.05) is 30.8 Å². The van der Waals surface area contributed by atoms with Crippen LogP contribution in [0, 0.1) is 23.2 Å². The molecule has 0 amide bonds. The molecule has 4 rings (SSSR count). The fourth-order valence-corrected chi connectivity index (χ4v) is 5.76. The summed E-state index contributed by atoms with van der Waals surface area (Å²) in [5.41, 5.74) is 1.84. The van der Waals surface area contributed by atoms with Gasteiger partial charge in [0.2, 0.25) is 0 Å². The molecule has 5 heteroatoms. The van der Waals surface area contributed by atoms with E-state index >= 15 is 0 Å². The van der Waals surface area contributed by atoms with Gasteiger partial charge >= 0.3 is 5.97 Å².